The van der Waals surface area contributed by atoms with E-state index in [1.165, 1.54) is 11.1 Å². The number of anilines is 2. The summed E-state index contributed by atoms with van der Waals surface area (Å²) in [6.45, 7) is 1.06. The Hall–Kier alpha value is -3.10. The van der Waals surface area contributed by atoms with Crippen LogP contribution in [0.5, 0.6) is 0 Å². The van der Waals surface area contributed by atoms with Gasteiger partial charge in [0, 0.05) is 37.3 Å². The van der Waals surface area contributed by atoms with E-state index in [0.717, 1.165) is 17.8 Å². The molecule has 0 bridgehead atoms. The summed E-state index contributed by atoms with van der Waals surface area (Å²) in [5.41, 5.74) is 8.52. The molecule has 0 spiro atoms. The molecule has 2 aromatic carbocycles. The van der Waals surface area contributed by atoms with Gasteiger partial charge in [-0.25, -0.2) is 11.7 Å². The van der Waals surface area contributed by atoms with Gasteiger partial charge < -0.3 is 10.6 Å². The lowest BCUT2D eigenvalue weighted by atomic mass is 10.0. The summed E-state index contributed by atoms with van der Waals surface area (Å²) in [5, 5.41) is 6.36. The van der Waals surface area contributed by atoms with Crippen LogP contribution in [0.3, 0.4) is 0 Å². The third-order valence-electron chi connectivity index (χ3n) is 4.00. The third-order valence-corrected chi connectivity index (χ3v) is 4.00. The van der Waals surface area contributed by atoms with Crippen molar-refractivity contribution in [2.75, 3.05) is 23.7 Å². The molecule has 8 nitrogen and oxygen atoms in total. The Kier molecular flexibility index (Phi) is 8.08. The normalized spacial score (nSPS) is 10.1. The third kappa shape index (κ3) is 7.35. The van der Waals surface area contributed by atoms with Gasteiger partial charge in [-0.05, 0) is 41.8 Å². The minimum atomic E-state index is -0.195. The number of carbonyl (C=O) groups excluding carboxylic acids is 2. The molecule has 0 saturated heterocycles. The Morgan fingerprint density at radius 2 is 1.04 bits per heavy atom. The second-order valence-electron chi connectivity index (χ2n) is 6.06. The fourth-order valence-corrected chi connectivity index (χ4v) is 2.50. The molecule has 0 radical (unpaired) electrons. The van der Waals surface area contributed by atoms with E-state index >= 15 is 0 Å². The molecule has 2 aromatic rings. The molecule has 0 unspecified atom stereocenters. The maximum Gasteiger partial charge on any atom is 0.235 e. The number of nitrogens with one attached hydrogen (secondary N) is 4. The zero-order valence-electron chi connectivity index (χ0n) is 15.1. The van der Waals surface area contributed by atoms with Crippen molar-refractivity contribution in [3.8, 4) is 0 Å². The number of hydrogen-bond donors (Lipinski definition) is 6. The van der Waals surface area contributed by atoms with Crippen molar-refractivity contribution in [2.24, 2.45) is 11.7 Å². The van der Waals surface area contributed by atoms with Gasteiger partial charge in [-0.2, -0.15) is 0 Å². The van der Waals surface area contributed by atoms with Crippen LogP contribution in [0, 0.1) is 0 Å². The molecule has 8 heteroatoms. The summed E-state index contributed by atoms with van der Waals surface area (Å²) in [6, 6.07) is 16.2. The second kappa shape index (κ2) is 10.8. The van der Waals surface area contributed by atoms with E-state index in [2.05, 4.69) is 45.8 Å². The van der Waals surface area contributed by atoms with E-state index in [0.29, 0.717) is 25.9 Å². The maximum atomic E-state index is 11.1. The number of nitrogens with two attached hydrogens (primary N) is 2. The van der Waals surface area contributed by atoms with E-state index in [1.807, 2.05) is 24.3 Å². The quantitative estimate of drug-likeness (QED) is 0.209. The molecule has 0 aliphatic carbocycles. The van der Waals surface area contributed by atoms with Crippen LogP contribution in [0.1, 0.15) is 24.0 Å². The average Bonchev–Trinajstić information content (AvgIpc) is 2.70. The van der Waals surface area contributed by atoms with Crippen molar-refractivity contribution >= 4 is 23.2 Å². The Labute approximate surface area is 158 Å². The first kappa shape index (κ1) is 20.2. The van der Waals surface area contributed by atoms with Gasteiger partial charge in [-0.15, -0.1) is 0 Å². The summed E-state index contributed by atoms with van der Waals surface area (Å²) in [4.78, 5) is 22.2. The lowest BCUT2D eigenvalue weighted by Crippen LogP contribution is -2.31. The van der Waals surface area contributed by atoms with Crippen molar-refractivity contribution in [2.45, 2.75) is 19.3 Å². The molecule has 8 N–H and O–H groups in total. The largest absolute Gasteiger partial charge is 0.385 e. The van der Waals surface area contributed by atoms with Gasteiger partial charge in [-0.1, -0.05) is 24.3 Å². The highest BCUT2D eigenvalue weighted by Crippen LogP contribution is 2.16. The molecule has 0 atom stereocenters. The van der Waals surface area contributed by atoms with Gasteiger partial charge in [0.05, 0.1) is 0 Å². The molecule has 144 valence electrons. The minimum absolute atomic E-state index is 0.195. The Balaban J connectivity index is 1.79. The van der Waals surface area contributed by atoms with E-state index < -0.39 is 0 Å². The van der Waals surface area contributed by atoms with E-state index in [9.17, 15) is 9.59 Å². The fourth-order valence-electron chi connectivity index (χ4n) is 2.50. The van der Waals surface area contributed by atoms with Crippen LogP contribution in [0.2, 0.25) is 0 Å². The number of rotatable bonds is 10. The lowest BCUT2D eigenvalue weighted by molar-refractivity contribution is -0.121. The fraction of sp³-hybridized carbons (Fsp3) is 0.263. The van der Waals surface area contributed by atoms with Gasteiger partial charge in [0.15, 0.2) is 0 Å². The average molecular weight is 370 g/mol. The van der Waals surface area contributed by atoms with Crippen LogP contribution in [-0.2, 0) is 16.0 Å². The number of benzene rings is 2. The van der Waals surface area contributed by atoms with Crippen LogP contribution >= 0.6 is 0 Å². The minimum Gasteiger partial charge on any atom is -0.385 e. The topological polar surface area (TPSA) is 134 Å². The van der Waals surface area contributed by atoms with Crippen molar-refractivity contribution in [1.82, 2.24) is 10.9 Å². The molecule has 0 aliphatic heterocycles. The summed E-state index contributed by atoms with van der Waals surface area (Å²) in [6.07, 6.45) is 1.48. The van der Waals surface area contributed by atoms with Crippen molar-refractivity contribution in [3.05, 3.63) is 59.7 Å². The van der Waals surface area contributed by atoms with E-state index in [-0.39, 0.29) is 11.8 Å². The first-order valence-corrected chi connectivity index (χ1v) is 8.75. The lowest BCUT2D eigenvalue weighted by Gasteiger charge is -2.09. The first-order valence-electron chi connectivity index (χ1n) is 8.75. The predicted molar refractivity (Wildman–Crippen MR) is 107 cm³/mol. The summed E-state index contributed by atoms with van der Waals surface area (Å²) >= 11 is 0. The molecule has 0 fully saturated rings. The van der Waals surface area contributed by atoms with Gasteiger partial charge in [0.25, 0.3) is 0 Å². The first-order chi connectivity index (χ1) is 13.1. The molecule has 0 heterocycles. The number of carbonyl (C=O) groups is 2. The Morgan fingerprint density at radius 1 is 0.667 bits per heavy atom. The number of hydrogen-bond acceptors (Lipinski definition) is 6. The van der Waals surface area contributed by atoms with Crippen LogP contribution in [0.4, 0.5) is 11.4 Å². The highest BCUT2D eigenvalue weighted by atomic mass is 16.2. The van der Waals surface area contributed by atoms with Gasteiger partial charge in [0.1, 0.15) is 0 Å². The predicted octanol–water partition coefficient (Wildman–Crippen LogP) is 0.861. The molecular formula is C19H26N6O2. The van der Waals surface area contributed by atoms with Gasteiger partial charge >= 0.3 is 0 Å². The highest BCUT2D eigenvalue weighted by Gasteiger charge is 2.01. The van der Waals surface area contributed by atoms with Crippen molar-refractivity contribution in [3.63, 3.8) is 0 Å². The standard InChI is InChI=1S/C19H26N6O2/c20-24-18(26)9-11-22-16-5-1-14(2-6-16)13-15-3-7-17(8-4-15)23-12-10-19(27)25-21/h1-8,22-23H,9-13,20-21H2,(H,24,26)(H,25,27). The molecule has 2 amide bonds. The maximum absolute atomic E-state index is 11.1. The second-order valence-corrected chi connectivity index (χ2v) is 6.06. The van der Waals surface area contributed by atoms with Crippen molar-refractivity contribution < 1.29 is 9.59 Å². The molecule has 0 aliphatic rings. The van der Waals surface area contributed by atoms with Gasteiger partial charge in [0.2, 0.25) is 11.8 Å². The monoisotopic (exact) mass is 370 g/mol. The molecular weight excluding hydrogens is 344 g/mol. The zero-order chi connectivity index (χ0) is 19.5. The molecule has 27 heavy (non-hydrogen) atoms. The van der Waals surface area contributed by atoms with Crippen molar-refractivity contribution in [1.29, 1.82) is 0 Å². The van der Waals surface area contributed by atoms with Gasteiger partial charge in [-0.3, -0.25) is 20.4 Å². The summed E-state index contributed by atoms with van der Waals surface area (Å²) < 4.78 is 0. The Bertz CT molecular complexity index is 667. The van der Waals surface area contributed by atoms with Crippen LogP contribution in [-0.4, -0.2) is 24.9 Å². The molecule has 0 aromatic heterocycles. The Morgan fingerprint density at radius 3 is 1.37 bits per heavy atom. The van der Waals surface area contributed by atoms with E-state index in [1.54, 1.807) is 0 Å². The highest BCUT2D eigenvalue weighted by molar-refractivity contribution is 5.76. The molecule has 0 saturated carbocycles. The SMILES string of the molecule is NNC(=O)CCNc1ccc(Cc2ccc(NCCC(=O)NN)cc2)cc1. The number of hydrazine groups is 2. The zero-order valence-corrected chi connectivity index (χ0v) is 15.1. The van der Waals surface area contributed by atoms with Crippen LogP contribution in [0.15, 0.2) is 48.5 Å². The molecule has 2 rings (SSSR count). The van der Waals surface area contributed by atoms with Crippen LogP contribution < -0.4 is 33.2 Å². The summed E-state index contributed by atoms with van der Waals surface area (Å²) in [5.74, 6) is 9.70. The smallest absolute Gasteiger partial charge is 0.235 e. The number of amides is 2. The van der Waals surface area contributed by atoms with Crippen LogP contribution in [0.25, 0.3) is 0 Å². The summed E-state index contributed by atoms with van der Waals surface area (Å²) in [7, 11) is 0. The van der Waals surface area contributed by atoms with E-state index in [4.69, 9.17) is 11.7 Å².